The van der Waals surface area contributed by atoms with E-state index in [2.05, 4.69) is 11.1 Å². The number of carboxylic acids is 1. The first-order valence-electron chi connectivity index (χ1n) is 4.08. The molecule has 5 heteroatoms. The monoisotopic (exact) mass is 192 g/mol. The second-order valence-corrected chi connectivity index (χ2v) is 1.77. The number of nitrogens with one attached hydrogen (secondary N) is 1. The molecule has 0 aromatic rings. The Morgan fingerprint density at radius 2 is 1.54 bits per heavy atom. The maximum absolute atomic E-state index is 10.1. The summed E-state index contributed by atoms with van der Waals surface area (Å²) in [4.78, 5) is 19.4. The first-order chi connectivity index (χ1) is 6.08. The number of hydrogen-bond acceptors (Lipinski definition) is 3. The number of carbonyl (C=O) groups is 2. The van der Waals surface area contributed by atoms with Gasteiger partial charge >= 0.3 is 5.97 Å². The Bertz CT molecular complexity index is 121. The third kappa shape index (κ3) is 36.0. The Hall–Kier alpha value is -1.10. The third-order valence-electron chi connectivity index (χ3n) is 0.902. The Labute approximate surface area is 79.3 Å². The molecule has 0 fully saturated rings. The third-order valence-corrected chi connectivity index (χ3v) is 0.902. The first kappa shape index (κ1) is 17.8. The summed E-state index contributed by atoms with van der Waals surface area (Å²) in [6.07, 6.45) is 0.802. The van der Waals surface area contributed by atoms with Crippen LogP contribution < -0.4 is 11.1 Å². The molecule has 0 saturated carbocycles. The Morgan fingerprint density at radius 1 is 1.23 bits per heavy atom. The van der Waals surface area contributed by atoms with E-state index in [0.717, 1.165) is 0 Å². The van der Waals surface area contributed by atoms with Crippen LogP contribution in [0.4, 0.5) is 0 Å². The van der Waals surface area contributed by atoms with Crippen LogP contribution in [0.25, 0.3) is 0 Å². The molecule has 5 nitrogen and oxygen atoms in total. The van der Waals surface area contributed by atoms with E-state index in [4.69, 9.17) is 5.11 Å². The predicted octanol–water partition coefficient (Wildman–Crippen LogP) is 0.198. The second-order valence-electron chi connectivity index (χ2n) is 1.77. The number of amides is 1. The van der Waals surface area contributed by atoms with Crippen molar-refractivity contribution in [2.24, 2.45) is 5.73 Å². The number of rotatable bonds is 2. The van der Waals surface area contributed by atoms with E-state index in [1.165, 1.54) is 7.05 Å². The molecule has 0 saturated heterocycles. The SMILES string of the molecule is CCC(=O)NC.CCC(=O)O.CN. The van der Waals surface area contributed by atoms with Gasteiger partial charge in [-0.1, -0.05) is 13.8 Å². The summed E-state index contributed by atoms with van der Waals surface area (Å²) in [5.41, 5.74) is 4.50. The van der Waals surface area contributed by atoms with Crippen LogP contribution in [0.2, 0.25) is 0 Å². The van der Waals surface area contributed by atoms with Crippen LogP contribution in [0.1, 0.15) is 26.7 Å². The molecular formula is C8H20N2O3. The molecular weight excluding hydrogens is 172 g/mol. The van der Waals surface area contributed by atoms with Crippen molar-refractivity contribution in [3.63, 3.8) is 0 Å². The Kier molecular flexibility index (Phi) is 23.5. The zero-order valence-electron chi connectivity index (χ0n) is 8.76. The number of nitrogens with two attached hydrogens (primary N) is 1. The minimum Gasteiger partial charge on any atom is -0.481 e. The van der Waals surface area contributed by atoms with Crippen molar-refractivity contribution < 1.29 is 14.7 Å². The zero-order chi connectivity index (χ0) is 11.3. The van der Waals surface area contributed by atoms with Gasteiger partial charge in [-0.2, -0.15) is 0 Å². The molecule has 4 N–H and O–H groups in total. The molecule has 0 radical (unpaired) electrons. The number of carbonyl (C=O) groups excluding carboxylic acids is 1. The lowest BCUT2D eigenvalue weighted by Gasteiger charge is -1.87. The molecule has 0 spiro atoms. The van der Waals surface area contributed by atoms with Crippen molar-refractivity contribution in [2.75, 3.05) is 14.1 Å². The van der Waals surface area contributed by atoms with E-state index < -0.39 is 5.97 Å². The van der Waals surface area contributed by atoms with E-state index in [9.17, 15) is 9.59 Å². The van der Waals surface area contributed by atoms with Gasteiger partial charge in [-0.25, -0.2) is 0 Å². The molecule has 0 aliphatic carbocycles. The van der Waals surface area contributed by atoms with Gasteiger partial charge in [0, 0.05) is 19.9 Å². The van der Waals surface area contributed by atoms with Crippen molar-refractivity contribution in [3.05, 3.63) is 0 Å². The van der Waals surface area contributed by atoms with Crippen LogP contribution >= 0.6 is 0 Å². The lowest BCUT2D eigenvalue weighted by atomic mass is 10.5. The van der Waals surface area contributed by atoms with E-state index in [1.54, 1.807) is 14.0 Å². The van der Waals surface area contributed by atoms with E-state index in [1.807, 2.05) is 6.92 Å². The van der Waals surface area contributed by atoms with Gasteiger partial charge in [-0.05, 0) is 7.05 Å². The van der Waals surface area contributed by atoms with Gasteiger partial charge in [0.25, 0.3) is 0 Å². The summed E-state index contributed by atoms with van der Waals surface area (Å²) in [5.74, 6) is -0.653. The zero-order valence-corrected chi connectivity index (χ0v) is 8.76. The minimum atomic E-state index is -0.745. The van der Waals surface area contributed by atoms with Crippen LogP contribution in [0.3, 0.4) is 0 Å². The lowest BCUT2D eigenvalue weighted by molar-refractivity contribution is -0.136. The normalized spacial score (nSPS) is 6.85. The average molecular weight is 192 g/mol. The van der Waals surface area contributed by atoms with Gasteiger partial charge in [0.15, 0.2) is 0 Å². The van der Waals surface area contributed by atoms with E-state index >= 15 is 0 Å². The first-order valence-corrected chi connectivity index (χ1v) is 4.08. The summed E-state index contributed by atoms with van der Waals surface area (Å²) >= 11 is 0. The molecule has 0 rings (SSSR count). The standard InChI is InChI=1S/C4H9NO.C3H6O2.CH5N/c1-3-4(6)5-2;1-2-3(4)5;1-2/h3H2,1-2H3,(H,5,6);2H2,1H3,(H,4,5);2H2,1H3. The molecule has 0 heterocycles. The molecule has 0 atom stereocenters. The maximum atomic E-state index is 10.1. The van der Waals surface area contributed by atoms with Crippen LogP contribution in [-0.4, -0.2) is 31.1 Å². The van der Waals surface area contributed by atoms with Crippen molar-refractivity contribution >= 4 is 11.9 Å². The van der Waals surface area contributed by atoms with Gasteiger partial charge in [0.05, 0.1) is 0 Å². The smallest absolute Gasteiger partial charge is 0.303 e. The molecule has 13 heavy (non-hydrogen) atoms. The highest BCUT2D eigenvalue weighted by Crippen LogP contribution is 1.68. The van der Waals surface area contributed by atoms with Crippen molar-refractivity contribution in [2.45, 2.75) is 26.7 Å². The fourth-order valence-corrected chi connectivity index (χ4v) is 0.177. The molecule has 0 aromatic carbocycles. The molecule has 80 valence electrons. The second kappa shape index (κ2) is 17.1. The minimum absolute atomic E-state index is 0.0926. The van der Waals surface area contributed by atoms with Crippen LogP contribution in [0.5, 0.6) is 0 Å². The highest BCUT2D eigenvalue weighted by Gasteiger charge is 1.84. The molecule has 0 aromatic heterocycles. The van der Waals surface area contributed by atoms with Gasteiger partial charge in [-0.3, -0.25) is 9.59 Å². The predicted molar refractivity (Wildman–Crippen MR) is 52.4 cm³/mol. The largest absolute Gasteiger partial charge is 0.481 e. The summed E-state index contributed by atoms with van der Waals surface area (Å²) < 4.78 is 0. The average Bonchev–Trinajstić information content (AvgIpc) is 2.20. The van der Waals surface area contributed by atoms with E-state index in [0.29, 0.717) is 6.42 Å². The topological polar surface area (TPSA) is 92.4 Å². The van der Waals surface area contributed by atoms with Crippen LogP contribution in [0, 0.1) is 0 Å². The fraction of sp³-hybridized carbons (Fsp3) is 0.750. The van der Waals surface area contributed by atoms with Crippen LogP contribution in [-0.2, 0) is 9.59 Å². The van der Waals surface area contributed by atoms with E-state index in [-0.39, 0.29) is 12.3 Å². The quantitative estimate of drug-likeness (QED) is 0.582. The maximum Gasteiger partial charge on any atom is 0.303 e. The highest BCUT2D eigenvalue weighted by molar-refractivity contribution is 5.74. The molecule has 0 aliphatic heterocycles. The Morgan fingerprint density at radius 3 is 1.54 bits per heavy atom. The summed E-state index contributed by atoms with van der Waals surface area (Å²) in [6, 6.07) is 0. The molecule has 0 aliphatic rings. The highest BCUT2D eigenvalue weighted by atomic mass is 16.4. The van der Waals surface area contributed by atoms with Gasteiger partial charge in [0.2, 0.25) is 5.91 Å². The molecule has 0 bridgehead atoms. The van der Waals surface area contributed by atoms with Crippen LogP contribution in [0.15, 0.2) is 0 Å². The Balaban J connectivity index is -0.000000131. The fourth-order valence-electron chi connectivity index (χ4n) is 0.177. The lowest BCUT2D eigenvalue weighted by Crippen LogP contribution is -2.15. The molecule has 1 amide bonds. The summed E-state index contributed by atoms with van der Waals surface area (Å²) in [5, 5.41) is 10.2. The number of carboxylic acid groups (broad SMARTS) is 1. The number of aliphatic carboxylic acids is 1. The number of hydrogen-bond donors (Lipinski definition) is 3. The van der Waals surface area contributed by atoms with Crippen molar-refractivity contribution in [3.8, 4) is 0 Å². The van der Waals surface area contributed by atoms with Gasteiger partial charge in [0.1, 0.15) is 0 Å². The van der Waals surface area contributed by atoms with Gasteiger partial charge in [-0.15, -0.1) is 0 Å². The molecule has 0 unspecified atom stereocenters. The van der Waals surface area contributed by atoms with Crippen molar-refractivity contribution in [1.29, 1.82) is 0 Å². The van der Waals surface area contributed by atoms with Crippen molar-refractivity contribution in [1.82, 2.24) is 5.32 Å². The summed E-state index contributed by atoms with van der Waals surface area (Å²) in [6.45, 7) is 3.42. The van der Waals surface area contributed by atoms with Gasteiger partial charge < -0.3 is 16.2 Å². The summed E-state index contributed by atoms with van der Waals surface area (Å²) in [7, 11) is 3.13.